The number of allylic oxidation sites excluding steroid dienone is 2. The minimum Gasteiger partial charge on any atom is -0.497 e. The van der Waals surface area contributed by atoms with Crippen molar-refractivity contribution < 1.29 is 23.9 Å². The van der Waals surface area contributed by atoms with Crippen LogP contribution in [0.2, 0.25) is 0 Å². The summed E-state index contributed by atoms with van der Waals surface area (Å²) >= 11 is 0. The summed E-state index contributed by atoms with van der Waals surface area (Å²) in [6.07, 6.45) is 3.03. The summed E-state index contributed by atoms with van der Waals surface area (Å²) < 4.78 is 10.5. The van der Waals surface area contributed by atoms with E-state index in [9.17, 15) is 14.4 Å². The first-order chi connectivity index (χ1) is 15.4. The molecule has 3 amide bonds. The molecule has 4 atom stereocenters. The number of carbonyl (C=O) groups is 3. The Morgan fingerprint density at radius 3 is 2.56 bits per heavy atom. The van der Waals surface area contributed by atoms with E-state index >= 15 is 0 Å². The maximum absolute atomic E-state index is 13.2. The largest absolute Gasteiger partial charge is 0.497 e. The van der Waals surface area contributed by atoms with Gasteiger partial charge in [-0.15, -0.1) is 0 Å². The molecule has 164 valence electrons. The molecule has 1 heterocycles. The van der Waals surface area contributed by atoms with E-state index in [0.29, 0.717) is 28.4 Å². The molecule has 0 aromatic heterocycles. The lowest BCUT2D eigenvalue weighted by atomic mass is 9.82. The Morgan fingerprint density at radius 2 is 1.81 bits per heavy atom. The van der Waals surface area contributed by atoms with Gasteiger partial charge in [-0.2, -0.15) is 0 Å². The van der Waals surface area contributed by atoms with Gasteiger partial charge in [0, 0.05) is 11.6 Å². The van der Waals surface area contributed by atoms with Crippen molar-refractivity contribution >= 4 is 29.1 Å². The van der Waals surface area contributed by atoms with E-state index in [1.54, 1.807) is 49.6 Å². The fourth-order valence-electron chi connectivity index (χ4n) is 5.41. The maximum atomic E-state index is 13.2. The highest BCUT2D eigenvalue weighted by Crippen LogP contribution is 2.55. The summed E-state index contributed by atoms with van der Waals surface area (Å²) in [5.74, 6) is 0.117. The highest BCUT2D eigenvalue weighted by Gasteiger charge is 2.60. The second-order valence-electron chi connectivity index (χ2n) is 8.55. The van der Waals surface area contributed by atoms with Crippen molar-refractivity contribution in [2.45, 2.75) is 13.3 Å². The standard InChI is InChI=1S/C25H24N2O5/c1-13-9-15-11-18(13)22-21(15)24(29)27(25(22)30)16-6-4-5-14(10-16)23(28)26-19-8-7-17(31-2)12-20(19)32-3/h4-10,12,15,18,21-22H,11H2,1-3H3,(H,26,28)/t15-,18+,21+,22+/m0/s1. The van der Waals surface area contributed by atoms with E-state index in [1.165, 1.54) is 17.6 Å². The van der Waals surface area contributed by atoms with Gasteiger partial charge in [-0.3, -0.25) is 14.4 Å². The summed E-state index contributed by atoms with van der Waals surface area (Å²) in [4.78, 5) is 40.6. The van der Waals surface area contributed by atoms with Crippen molar-refractivity contribution in [3.05, 3.63) is 59.7 Å². The molecule has 1 N–H and O–H groups in total. The monoisotopic (exact) mass is 432 g/mol. The third-order valence-electron chi connectivity index (χ3n) is 6.90. The Kier molecular flexibility index (Phi) is 4.77. The van der Waals surface area contributed by atoms with Crippen LogP contribution in [0.25, 0.3) is 0 Å². The van der Waals surface area contributed by atoms with Crippen molar-refractivity contribution in [3.8, 4) is 11.5 Å². The van der Waals surface area contributed by atoms with Crippen LogP contribution in [0.3, 0.4) is 0 Å². The molecule has 3 aliphatic rings. The summed E-state index contributed by atoms with van der Waals surface area (Å²) in [7, 11) is 3.06. The maximum Gasteiger partial charge on any atom is 0.255 e. The lowest BCUT2D eigenvalue weighted by Crippen LogP contribution is -2.33. The average Bonchev–Trinajstić information content (AvgIpc) is 3.44. The molecule has 2 bridgehead atoms. The van der Waals surface area contributed by atoms with Crippen LogP contribution in [0, 0.1) is 23.7 Å². The third kappa shape index (κ3) is 2.99. The zero-order valence-electron chi connectivity index (χ0n) is 18.1. The number of carbonyl (C=O) groups excluding carboxylic acids is 3. The third-order valence-corrected chi connectivity index (χ3v) is 6.90. The van der Waals surface area contributed by atoms with E-state index in [-0.39, 0.29) is 41.4 Å². The number of ether oxygens (including phenoxy) is 2. The predicted molar refractivity (Wildman–Crippen MR) is 119 cm³/mol. The quantitative estimate of drug-likeness (QED) is 0.576. The summed E-state index contributed by atoms with van der Waals surface area (Å²) in [6.45, 7) is 2.04. The number of imide groups is 1. The van der Waals surface area contributed by atoms with Crippen molar-refractivity contribution in [1.29, 1.82) is 0 Å². The number of anilines is 2. The molecule has 7 nitrogen and oxygen atoms in total. The first-order valence-corrected chi connectivity index (χ1v) is 10.6. The minimum absolute atomic E-state index is 0.139. The Hall–Kier alpha value is -3.61. The molecule has 5 rings (SSSR count). The number of nitrogens with one attached hydrogen (secondary N) is 1. The minimum atomic E-state index is -0.368. The summed E-state index contributed by atoms with van der Waals surface area (Å²) in [5, 5.41) is 2.82. The molecule has 0 radical (unpaired) electrons. The van der Waals surface area contributed by atoms with Crippen molar-refractivity contribution in [2.24, 2.45) is 23.7 Å². The summed E-state index contributed by atoms with van der Waals surface area (Å²) in [6, 6.07) is 11.7. The number of benzene rings is 2. The molecule has 32 heavy (non-hydrogen) atoms. The lowest BCUT2D eigenvalue weighted by molar-refractivity contribution is -0.123. The Labute approximate surface area is 186 Å². The van der Waals surface area contributed by atoms with Crippen LogP contribution in [0.4, 0.5) is 11.4 Å². The van der Waals surface area contributed by atoms with Gasteiger partial charge in [-0.1, -0.05) is 17.7 Å². The van der Waals surface area contributed by atoms with E-state index in [0.717, 1.165) is 6.42 Å². The van der Waals surface area contributed by atoms with E-state index in [2.05, 4.69) is 11.4 Å². The predicted octanol–water partition coefficient (Wildman–Crippen LogP) is 3.66. The molecule has 2 aromatic carbocycles. The molecule has 7 heteroatoms. The van der Waals surface area contributed by atoms with Gasteiger partial charge >= 0.3 is 0 Å². The van der Waals surface area contributed by atoms with Gasteiger partial charge in [0.25, 0.3) is 5.91 Å². The van der Waals surface area contributed by atoms with Crippen LogP contribution in [0.5, 0.6) is 11.5 Å². The number of nitrogens with zero attached hydrogens (tertiary/aromatic N) is 1. The number of hydrogen-bond donors (Lipinski definition) is 1. The molecule has 0 spiro atoms. The smallest absolute Gasteiger partial charge is 0.255 e. The molecular formula is C25H24N2O5. The molecule has 1 saturated heterocycles. The number of hydrogen-bond acceptors (Lipinski definition) is 5. The van der Waals surface area contributed by atoms with Gasteiger partial charge in [-0.05, 0) is 55.5 Å². The van der Waals surface area contributed by atoms with Crippen LogP contribution in [-0.2, 0) is 9.59 Å². The van der Waals surface area contributed by atoms with Gasteiger partial charge in [0.15, 0.2) is 0 Å². The van der Waals surface area contributed by atoms with Crippen molar-refractivity contribution in [1.82, 2.24) is 0 Å². The molecule has 1 saturated carbocycles. The van der Waals surface area contributed by atoms with E-state index in [4.69, 9.17) is 9.47 Å². The zero-order chi connectivity index (χ0) is 22.6. The number of fused-ring (bicyclic) bond motifs is 5. The topological polar surface area (TPSA) is 84.9 Å². The lowest BCUT2D eigenvalue weighted by Gasteiger charge is -2.19. The Morgan fingerprint density at radius 1 is 1.03 bits per heavy atom. The molecule has 2 aromatic rings. The molecular weight excluding hydrogens is 408 g/mol. The van der Waals surface area contributed by atoms with Crippen LogP contribution in [0.1, 0.15) is 23.7 Å². The number of amides is 3. The van der Waals surface area contributed by atoms with Gasteiger partial charge in [0.1, 0.15) is 11.5 Å². The van der Waals surface area contributed by atoms with Crippen molar-refractivity contribution in [3.63, 3.8) is 0 Å². The van der Waals surface area contributed by atoms with Crippen LogP contribution < -0.4 is 19.7 Å². The Bertz CT molecular complexity index is 1170. The molecule has 2 aliphatic carbocycles. The highest BCUT2D eigenvalue weighted by atomic mass is 16.5. The second kappa shape index (κ2) is 7.51. The van der Waals surface area contributed by atoms with E-state index < -0.39 is 0 Å². The van der Waals surface area contributed by atoms with Crippen LogP contribution >= 0.6 is 0 Å². The van der Waals surface area contributed by atoms with Gasteiger partial charge in [0.2, 0.25) is 11.8 Å². The normalized spacial score (nSPS) is 25.6. The number of methoxy groups -OCH3 is 2. The van der Waals surface area contributed by atoms with Crippen molar-refractivity contribution in [2.75, 3.05) is 24.4 Å². The SMILES string of the molecule is COc1ccc(NC(=O)c2cccc(N3C(=O)[C@H]4[C@H](C3=O)[C@H]3C=C(C)[C@H]4C3)c2)c(OC)c1. The first kappa shape index (κ1) is 20.3. The fourth-order valence-corrected chi connectivity index (χ4v) is 5.41. The fraction of sp³-hybridized carbons (Fsp3) is 0.320. The summed E-state index contributed by atoms with van der Waals surface area (Å²) in [5.41, 5.74) is 2.47. The second-order valence-corrected chi connectivity index (χ2v) is 8.55. The molecule has 0 unspecified atom stereocenters. The van der Waals surface area contributed by atoms with E-state index in [1.807, 2.05) is 6.92 Å². The average molecular weight is 432 g/mol. The van der Waals surface area contributed by atoms with Crippen LogP contribution in [0.15, 0.2) is 54.1 Å². The Balaban J connectivity index is 1.39. The highest BCUT2D eigenvalue weighted by molar-refractivity contribution is 6.23. The molecule has 1 aliphatic heterocycles. The zero-order valence-corrected chi connectivity index (χ0v) is 18.1. The van der Waals surface area contributed by atoms with Gasteiger partial charge in [0.05, 0.1) is 37.4 Å². The first-order valence-electron chi connectivity index (χ1n) is 10.6. The number of rotatable bonds is 5. The van der Waals surface area contributed by atoms with Crippen LogP contribution in [-0.4, -0.2) is 31.9 Å². The van der Waals surface area contributed by atoms with Gasteiger partial charge in [-0.25, -0.2) is 4.90 Å². The van der Waals surface area contributed by atoms with Gasteiger partial charge < -0.3 is 14.8 Å². The molecule has 2 fully saturated rings.